The van der Waals surface area contributed by atoms with Crippen LogP contribution in [0.5, 0.6) is 5.75 Å². The molecule has 1 aromatic carbocycles. The molecule has 0 atom stereocenters. The lowest BCUT2D eigenvalue weighted by Gasteiger charge is -2.13. The van der Waals surface area contributed by atoms with Crippen molar-refractivity contribution in [3.63, 3.8) is 0 Å². The number of ether oxygens (including phenoxy) is 2. The molecule has 0 amide bonds. The van der Waals surface area contributed by atoms with E-state index >= 15 is 0 Å². The first-order chi connectivity index (χ1) is 11.0. The second-order valence-electron chi connectivity index (χ2n) is 4.56. The number of nitrogens with one attached hydrogen (secondary N) is 1. The fraction of sp³-hybridized carbons (Fsp3) is 0.267. The highest BCUT2D eigenvalue weighted by Crippen LogP contribution is 2.29. The van der Waals surface area contributed by atoms with Gasteiger partial charge in [0.15, 0.2) is 0 Å². The lowest BCUT2D eigenvalue weighted by atomic mass is 10.3. The van der Waals surface area contributed by atoms with E-state index in [1.165, 1.54) is 18.6 Å². The number of sulfonamides is 1. The van der Waals surface area contributed by atoms with E-state index in [1.54, 1.807) is 24.3 Å². The van der Waals surface area contributed by atoms with Crippen molar-refractivity contribution >= 4 is 33.0 Å². The molecule has 2 aromatic rings. The average Bonchev–Trinajstić information content (AvgIpc) is 3.03. The standard InChI is InChI=1S/C15H17NO5S2/c1-3-9-21-12-7-5-4-6-11(12)16-23(18,19)13-8-10-22-14(13)15(17)20-2/h4-8,10,16H,3,9H2,1-2H3. The van der Waals surface area contributed by atoms with E-state index in [9.17, 15) is 13.2 Å². The van der Waals surface area contributed by atoms with Crippen molar-refractivity contribution in [2.24, 2.45) is 0 Å². The van der Waals surface area contributed by atoms with Crippen LogP contribution in [-0.2, 0) is 14.8 Å². The van der Waals surface area contributed by atoms with Crippen LogP contribution in [0.1, 0.15) is 23.0 Å². The predicted octanol–water partition coefficient (Wildman–Crippen LogP) is 3.12. The number of para-hydroxylation sites is 2. The molecule has 0 unspecified atom stereocenters. The van der Waals surface area contributed by atoms with Crippen molar-refractivity contribution in [2.45, 2.75) is 18.2 Å². The SMILES string of the molecule is CCCOc1ccccc1NS(=O)(=O)c1ccsc1C(=O)OC. The van der Waals surface area contributed by atoms with Gasteiger partial charge in [0.1, 0.15) is 15.5 Å². The Kier molecular flexibility index (Phi) is 5.62. The molecule has 1 aromatic heterocycles. The third-order valence-electron chi connectivity index (χ3n) is 2.88. The summed E-state index contributed by atoms with van der Waals surface area (Å²) >= 11 is 1.01. The van der Waals surface area contributed by atoms with Crippen LogP contribution in [-0.4, -0.2) is 28.1 Å². The van der Waals surface area contributed by atoms with Gasteiger partial charge in [0.25, 0.3) is 10.0 Å². The van der Waals surface area contributed by atoms with Crippen LogP contribution in [0, 0.1) is 0 Å². The summed E-state index contributed by atoms with van der Waals surface area (Å²) in [5, 5.41) is 1.53. The molecular weight excluding hydrogens is 338 g/mol. The van der Waals surface area contributed by atoms with Gasteiger partial charge in [0, 0.05) is 0 Å². The highest BCUT2D eigenvalue weighted by atomic mass is 32.2. The smallest absolute Gasteiger partial charge is 0.349 e. The molecule has 0 aliphatic rings. The summed E-state index contributed by atoms with van der Waals surface area (Å²) in [5.74, 6) is -0.247. The summed E-state index contributed by atoms with van der Waals surface area (Å²) in [6, 6.07) is 8.11. The van der Waals surface area contributed by atoms with Gasteiger partial charge >= 0.3 is 5.97 Å². The quantitative estimate of drug-likeness (QED) is 0.772. The monoisotopic (exact) mass is 355 g/mol. The van der Waals surface area contributed by atoms with Crippen LogP contribution >= 0.6 is 11.3 Å². The molecule has 0 bridgehead atoms. The molecule has 0 saturated heterocycles. The minimum absolute atomic E-state index is 0.0342. The summed E-state index contributed by atoms with van der Waals surface area (Å²) < 4.78 is 37.7. The van der Waals surface area contributed by atoms with Gasteiger partial charge in [0.05, 0.1) is 19.4 Å². The average molecular weight is 355 g/mol. The second-order valence-corrected chi connectivity index (χ2v) is 7.12. The summed E-state index contributed by atoms with van der Waals surface area (Å²) in [6.07, 6.45) is 0.804. The van der Waals surface area contributed by atoms with Crippen LogP contribution < -0.4 is 9.46 Å². The Bertz CT molecular complexity index is 783. The Morgan fingerprint density at radius 2 is 2.00 bits per heavy atom. The zero-order valence-electron chi connectivity index (χ0n) is 12.7. The maximum atomic E-state index is 12.6. The van der Waals surface area contributed by atoms with E-state index in [-0.39, 0.29) is 9.77 Å². The van der Waals surface area contributed by atoms with Gasteiger partial charge < -0.3 is 9.47 Å². The maximum Gasteiger partial charge on any atom is 0.349 e. The molecule has 0 spiro atoms. The van der Waals surface area contributed by atoms with E-state index in [0.717, 1.165) is 17.8 Å². The van der Waals surface area contributed by atoms with Crippen LogP contribution in [0.15, 0.2) is 40.6 Å². The summed E-state index contributed by atoms with van der Waals surface area (Å²) in [7, 11) is -2.72. The lowest BCUT2D eigenvalue weighted by molar-refractivity contribution is 0.0602. The van der Waals surface area contributed by atoms with Gasteiger partial charge in [-0.15, -0.1) is 11.3 Å². The molecule has 1 heterocycles. The molecule has 0 aliphatic heterocycles. The van der Waals surface area contributed by atoms with Crippen molar-refractivity contribution < 1.29 is 22.7 Å². The molecule has 0 fully saturated rings. The maximum absolute atomic E-state index is 12.6. The van der Waals surface area contributed by atoms with Crippen LogP contribution in [0.4, 0.5) is 5.69 Å². The van der Waals surface area contributed by atoms with Crippen LogP contribution in [0.2, 0.25) is 0 Å². The molecule has 8 heteroatoms. The predicted molar refractivity (Wildman–Crippen MR) is 88.7 cm³/mol. The van der Waals surface area contributed by atoms with E-state index < -0.39 is 16.0 Å². The van der Waals surface area contributed by atoms with Crippen molar-refractivity contribution in [3.8, 4) is 5.75 Å². The minimum atomic E-state index is -3.92. The molecule has 0 saturated carbocycles. The molecule has 0 radical (unpaired) electrons. The van der Waals surface area contributed by atoms with Gasteiger partial charge in [-0.2, -0.15) is 0 Å². The van der Waals surface area contributed by atoms with Crippen molar-refractivity contribution in [1.29, 1.82) is 0 Å². The number of carbonyl (C=O) groups is 1. The lowest BCUT2D eigenvalue weighted by Crippen LogP contribution is -2.16. The Morgan fingerprint density at radius 3 is 2.70 bits per heavy atom. The molecule has 23 heavy (non-hydrogen) atoms. The van der Waals surface area contributed by atoms with Gasteiger partial charge in [-0.3, -0.25) is 4.72 Å². The number of rotatable bonds is 7. The number of methoxy groups -OCH3 is 1. The number of thiophene rings is 1. The number of hydrogen-bond donors (Lipinski definition) is 1. The first kappa shape index (κ1) is 17.3. The summed E-state index contributed by atoms with van der Waals surface area (Å²) in [5.41, 5.74) is 0.322. The molecule has 0 aliphatic carbocycles. The summed E-state index contributed by atoms with van der Waals surface area (Å²) in [6.45, 7) is 2.44. The normalized spacial score (nSPS) is 11.0. The zero-order valence-corrected chi connectivity index (χ0v) is 14.4. The molecular formula is C15H17NO5S2. The number of hydrogen-bond acceptors (Lipinski definition) is 6. The first-order valence-corrected chi connectivity index (χ1v) is 9.26. The van der Waals surface area contributed by atoms with Crippen LogP contribution in [0.25, 0.3) is 0 Å². The summed E-state index contributed by atoms with van der Waals surface area (Å²) in [4.78, 5) is 11.6. The molecule has 2 rings (SSSR count). The molecule has 1 N–H and O–H groups in total. The van der Waals surface area contributed by atoms with E-state index in [2.05, 4.69) is 9.46 Å². The fourth-order valence-electron chi connectivity index (χ4n) is 1.84. The Morgan fingerprint density at radius 1 is 1.26 bits per heavy atom. The highest BCUT2D eigenvalue weighted by Gasteiger charge is 2.25. The topological polar surface area (TPSA) is 81.7 Å². The third kappa shape index (κ3) is 4.02. The van der Waals surface area contributed by atoms with Gasteiger partial charge in [-0.1, -0.05) is 19.1 Å². The Labute approximate surface area is 139 Å². The second kappa shape index (κ2) is 7.47. The largest absolute Gasteiger partial charge is 0.491 e. The van der Waals surface area contributed by atoms with Gasteiger partial charge in [0.2, 0.25) is 0 Å². The first-order valence-electron chi connectivity index (χ1n) is 6.90. The van der Waals surface area contributed by atoms with Crippen molar-refractivity contribution in [3.05, 3.63) is 40.6 Å². The van der Waals surface area contributed by atoms with E-state index in [1.807, 2.05) is 6.92 Å². The van der Waals surface area contributed by atoms with Gasteiger partial charge in [-0.25, -0.2) is 13.2 Å². The number of anilines is 1. The third-order valence-corrected chi connectivity index (χ3v) is 5.31. The Balaban J connectivity index is 2.33. The number of carbonyl (C=O) groups excluding carboxylic acids is 1. The Hall–Kier alpha value is -2.06. The number of esters is 1. The fourth-order valence-corrected chi connectivity index (χ4v) is 4.25. The number of benzene rings is 1. The van der Waals surface area contributed by atoms with E-state index in [0.29, 0.717) is 18.0 Å². The van der Waals surface area contributed by atoms with E-state index in [4.69, 9.17) is 4.74 Å². The highest BCUT2D eigenvalue weighted by molar-refractivity contribution is 7.93. The molecule has 124 valence electrons. The molecule has 6 nitrogen and oxygen atoms in total. The van der Waals surface area contributed by atoms with Crippen LogP contribution in [0.3, 0.4) is 0 Å². The van der Waals surface area contributed by atoms with Gasteiger partial charge in [-0.05, 0) is 30.0 Å². The van der Waals surface area contributed by atoms with Crippen molar-refractivity contribution in [1.82, 2.24) is 0 Å². The van der Waals surface area contributed by atoms with Crippen molar-refractivity contribution in [2.75, 3.05) is 18.4 Å². The minimum Gasteiger partial charge on any atom is -0.491 e. The zero-order chi connectivity index (χ0) is 16.9.